The topological polar surface area (TPSA) is 71.3 Å². The third-order valence-corrected chi connectivity index (χ3v) is 3.35. The van der Waals surface area contributed by atoms with Crippen molar-refractivity contribution in [2.45, 2.75) is 5.75 Å². The average molecular weight is 373 g/mol. The van der Waals surface area contributed by atoms with Crippen molar-refractivity contribution in [2.24, 2.45) is 4.99 Å². The minimum Gasteiger partial charge on any atom is -1.00 e. The van der Waals surface area contributed by atoms with E-state index in [0.29, 0.717) is 0 Å². The first kappa shape index (κ1) is 25.4. The molecule has 1 aromatic rings. The number of nitriles is 1. The Morgan fingerprint density at radius 3 is 2.62 bits per heavy atom. The molecule has 0 unspecified atom stereocenters. The third kappa shape index (κ3) is 11.8. The highest BCUT2D eigenvalue weighted by molar-refractivity contribution is 7.98. The maximum absolute atomic E-state index is 8.56. The summed E-state index contributed by atoms with van der Waals surface area (Å²) in [7, 11) is 3.94. The zero-order valence-electron chi connectivity index (χ0n) is 11.9. The van der Waals surface area contributed by atoms with Crippen LogP contribution in [0.15, 0.2) is 29.4 Å². The quantitative estimate of drug-likeness (QED) is 0.233. The van der Waals surface area contributed by atoms with Gasteiger partial charge in [0.1, 0.15) is 0 Å². The number of aromatic amines is 1. The monoisotopic (exact) mass is 371 g/mol. The van der Waals surface area contributed by atoms with Gasteiger partial charge in [-0.05, 0) is 0 Å². The van der Waals surface area contributed by atoms with Gasteiger partial charge in [0, 0.05) is 17.9 Å². The van der Waals surface area contributed by atoms with Crippen LogP contribution in [-0.2, 0) is 5.75 Å². The normalized spacial score (nSPS) is 9.90. The van der Waals surface area contributed by atoms with E-state index in [-0.39, 0.29) is 37.2 Å². The summed E-state index contributed by atoms with van der Waals surface area (Å²) in [4.78, 5) is 8.08. The van der Waals surface area contributed by atoms with E-state index < -0.39 is 0 Å². The number of nitrogens with one attached hydrogen (secondary N) is 2. The number of thioether (sulfide) groups is 1. The first-order valence-corrected chi connectivity index (χ1v) is 7.03. The number of nitrogens with two attached hydrogens (primary N) is 1. The van der Waals surface area contributed by atoms with Crippen LogP contribution in [0, 0.1) is 11.5 Å². The average Bonchev–Trinajstić information content (AvgIpc) is 2.38. The minimum absolute atomic E-state index is 0. The molecule has 1 aromatic heterocycles. The van der Waals surface area contributed by atoms with Crippen LogP contribution in [0.5, 0.6) is 0 Å². The Labute approximate surface area is 148 Å². The molecular formula is C12H20Cl3N5S. The fourth-order valence-electron chi connectivity index (χ4n) is 1.40. The second kappa shape index (κ2) is 15.8. The molecule has 0 bridgehead atoms. The Hall–Kier alpha value is -0.550. The second-order valence-electron chi connectivity index (χ2n) is 4.03. The molecule has 0 aliphatic carbocycles. The largest absolute Gasteiger partial charge is 1.00 e. The van der Waals surface area contributed by atoms with Crippen LogP contribution in [0.1, 0.15) is 5.69 Å². The maximum atomic E-state index is 8.56. The molecular weight excluding hydrogens is 353 g/mol. The van der Waals surface area contributed by atoms with E-state index in [4.69, 9.17) is 5.26 Å². The predicted octanol–water partition coefficient (Wildman–Crippen LogP) is -10.7. The summed E-state index contributed by atoms with van der Waals surface area (Å²) in [5, 5.41) is 10.6. The van der Waals surface area contributed by atoms with Crippen molar-refractivity contribution in [1.82, 2.24) is 0 Å². The van der Waals surface area contributed by atoms with Crippen molar-refractivity contribution in [2.75, 3.05) is 26.4 Å². The first-order valence-electron chi connectivity index (χ1n) is 5.88. The predicted molar refractivity (Wildman–Crippen MR) is 71.8 cm³/mol. The molecule has 0 amide bonds. The van der Waals surface area contributed by atoms with Gasteiger partial charge >= 0.3 is 5.96 Å². The van der Waals surface area contributed by atoms with Crippen LogP contribution < -0.4 is 52.4 Å². The van der Waals surface area contributed by atoms with Gasteiger partial charge in [-0.25, -0.2) is 15.2 Å². The zero-order valence-corrected chi connectivity index (χ0v) is 15.0. The van der Waals surface area contributed by atoms with E-state index in [1.165, 1.54) is 5.69 Å². The number of guanidine groups is 1. The van der Waals surface area contributed by atoms with Gasteiger partial charge in [0.15, 0.2) is 11.9 Å². The van der Waals surface area contributed by atoms with Crippen molar-refractivity contribution in [3.8, 4) is 6.19 Å². The lowest BCUT2D eigenvalue weighted by atomic mass is 10.4. The highest BCUT2D eigenvalue weighted by Gasteiger charge is 2.11. The van der Waals surface area contributed by atoms with E-state index in [1.807, 2.05) is 55.7 Å². The van der Waals surface area contributed by atoms with E-state index in [0.717, 1.165) is 28.9 Å². The summed E-state index contributed by atoms with van der Waals surface area (Å²) in [5.41, 5.74) is 1.23. The number of rotatable bonds is 5. The minimum atomic E-state index is 0. The van der Waals surface area contributed by atoms with Gasteiger partial charge in [0.25, 0.3) is 0 Å². The smallest absolute Gasteiger partial charge is 0.404 e. The van der Waals surface area contributed by atoms with Gasteiger partial charge in [-0.15, -0.1) is 11.8 Å². The lowest BCUT2D eigenvalue weighted by Gasteiger charge is -2.04. The number of pyridine rings is 1. The molecule has 5 nitrogen and oxygen atoms in total. The molecule has 0 saturated carbocycles. The number of quaternary nitrogens is 2. The lowest BCUT2D eigenvalue weighted by molar-refractivity contribution is -0.825. The van der Waals surface area contributed by atoms with Crippen molar-refractivity contribution >= 4 is 17.7 Å². The Morgan fingerprint density at radius 1 is 1.38 bits per heavy atom. The third-order valence-electron chi connectivity index (χ3n) is 2.31. The zero-order chi connectivity index (χ0) is 13.2. The Kier molecular flexibility index (Phi) is 19.2. The number of H-pyrrole nitrogens is 1. The standard InChI is InChI=1S/C12H17N5S.3ClH/c1-17(2)12(16-10-13)15-7-8-18-9-11-5-3-4-6-14-11;;;/h3-6H,7-9H2,1-2H3,(H,15,16);3*1H. The molecule has 0 saturated heterocycles. The molecule has 9 heteroatoms. The van der Waals surface area contributed by atoms with Gasteiger partial charge in [-0.1, -0.05) is 11.1 Å². The summed E-state index contributed by atoms with van der Waals surface area (Å²) < 4.78 is 0. The highest BCUT2D eigenvalue weighted by Crippen LogP contribution is 2.05. The number of hydrogen-bond acceptors (Lipinski definition) is 3. The molecule has 0 aliphatic heterocycles. The fraction of sp³-hybridized carbons (Fsp3) is 0.417. The highest BCUT2D eigenvalue weighted by atomic mass is 35.5. The molecule has 0 aliphatic rings. The van der Waals surface area contributed by atoms with Crippen molar-refractivity contribution < 1.29 is 52.4 Å². The second-order valence-corrected chi connectivity index (χ2v) is 5.14. The van der Waals surface area contributed by atoms with Crippen LogP contribution in [0.3, 0.4) is 0 Å². The number of aliphatic imine (C=N–C) groups is 1. The molecule has 4 N–H and O–H groups in total. The van der Waals surface area contributed by atoms with Gasteiger partial charge in [-0.2, -0.15) is 5.26 Å². The lowest BCUT2D eigenvalue weighted by Crippen LogP contribution is -3.22. The van der Waals surface area contributed by atoms with Crippen molar-refractivity contribution in [3.05, 3.63) is 30.1 Å². The number of halogens is 3. The molecule has 21 heavy (non-hydrogen) atoms. The summed E-state index contributed by atoms with van der Waals surface area (Å²) in [6.45, 7) is 0.934. The van der Waals surface area contributed by atoms with Crippen molar-refractivity contribution in [1.29, 1.82) is 5.26 Å². The van der Waals surface area contributed by atoms with E-state index >= 15 is 0 Å². The molecule has 0 aromatic carbocycles. The van der Waals surface area contributed by atoms with Crippen LogP contribution >= 0.6 is 11.8 Å². The summed E-state index contributed by atoms with van der Waals surface area (Å²) in [5.74, 6) is 2.82. The molecule has 0 atom stereocenters. The number of hydrogen-bond donors (Lipinski definition) is 2. The van der Waals surface area contributed by atoms with E-state index in [2.05, 4.69) is 16.0 Å². The Morgan fingerprint density at radius 2 is 2.10 bits per heavy atom. The molecule has 0 fully saturated rings. The number of aromatic nitrogens is 1. The molecule has 1 rings (SSSR count). The molecule has 0 radical (unpaired) electrons. The van der Waals surface area contributed by atoms with E-state index in [1.54, 1.807) is 0 Å². The Balaban J connectivity index is -0.00000108. The number of nitrogens with zero attached hydrogens (tertiary/aromatic N) is 2. The summed E-state index contributed by atoms with van der Waals surface area (Å²) in [6, 6.07) is 6.10. The van der Waals surface area contributed by atoms with Crippen molar-refractivity contribution in [3.63, 3.8) is 0 Å². The maximum Gasteiger partial charge on any atom is 0.404 e. The van der Waals surface area contributed by atoms with E-state index in [9.17, 15) is 0 Å². The molecule has 1 heterocycles. The van der Waals surface area contributed by atoms with Gasteiger partial charge in [-0.3, -0.25) is 0 Å². The first-order chi connectivity index (χ1) is 8.74. The fourth-order valence-corrected chi connectivity index (χ4v) is 2.23. The SMILES string of the molecule is C[NH+](C)C(=NC#N)[NH2+]CCSCc1cccc[nH+]1.[Cl-].[Cl-].[Cl-]. The molecule has 0 spiro atoms. The van der Waals surface area contributed by atoms with Gasteiger partial charge in [0.05, 0.1) is 26.4 Å². The van der Waals surface area contributed by atoms with Gasteiger partial charge < -0.3 is 37.2 Å². The Bertz CT molecular complexity index is 423. The van der Waals surface area contributed by atoms with Crippen LogP contribution in [0.2, 0.25) is 0 Å². The van der Waals surface area contributed by atoms with Crippen LogP contribution in [0.4, 0.5) is 0 Å². The van der Waals surface area contributed by atoms with Gasteiger partial charge in [0.2, 0.25) is 6.19 Å². The van der Waals surface area contributed by atoms with Crippen LogP contribution in [0.25, 0.3) is 0 Å². The summed E-state index contributed by atoms with van der Waals surface area (Å²) >= 11 is 1.87. The summed E-state index contributed by atoms with van der Waals surface area (Å²) in [6.07, 6.45) is 3.78. The van der Waals surface area contributed by atoms with Crippen LogP contribution in [-0.4, -0.2) is 32.4 Å². The molecule has 120 valence electrons.